The Morgan fingerprint density at radius 1 is 1.47 bits per heavy atom. The molecule has 1 aliphatic rings. The highest BCUT2D eigenvalue weighted by Crippen LogP contribution is 2.16. The third-order valence-corrected chi connectivity index (χ3v) is 3.33. The lowest BCUT2D eigenvalue weighted by Gasteiger charge is -2.32. The molecule has 2 rings (SSSR count). The second-order valence-electron chi connectivity index (χ2n) is 4.74. The van der Waals surface area contributed by atoms with Crippen LogP contribution in [0.25, 0.3) is 0 Å². The number of piperidine rings is 1. The molecule has 6 nitrogen and oxygen atoms in total. The SMILES string of the molecule is NC(=O)C1CCCCN1CC(=O)NCc1ccco1. The first kappa shape index (κ1) is 13.6. The van der Waals surface area contributed by atoms with Gasteiger partial charge < -0.3 is 15.5 Å². The maximum atomic E-state index is 11.8. The molecule has 0 bridgehead atoms. The number of carbonyl (C=O) groups excluding carboxylic acids is 2. The lowest BCUT2D eigenvalue weighted by molar-refractivity contribution is -0.128. The van der Waals surface area contributed by atoms with Crippen LogP contribution in [-0.2, 0) is 16.1 Å². The van der Waals surface area contributed by atoms with Crippen LogP contribution in [0.1, 0.15) is 25.0 Å². The van der Waals surface area contributed by atoms with Crippen LogP contribution in [0.3, 0.4) is 0 Å². The molecule has 19 heavy (non-hydrogen) atoms. The van der Waals surface area contributed by atoms with Gasteiger partial charge in [-0.15, -0.1) is 0 Å². The summed E-state index contributed by atoms with van der Waals surface area (Å²) in [6.45, 7) is 1.30. The van der Waals surface area contributed by atoms with E-state index < -0.39 is 0 Å². The van der Waals surface area contributed by atoms with E-state index in [-0.39, 0.29) is 24.4 Å². The van der Waals surface area contributed by atoms with E-state index in [4.69, 9.17) is 10.2 Å². The Labute approximate surface area is 111 Å². The number of likely N-dealkylation sites (tertiary alicyclic amines) is 1. The Morgan fingerprint density at radius 3 is 3.00 bits per heavy atom. The van der Waals surface area contributed by atoms with E-state index in [1.165, 1.54) is 0 Å². The van der Waals surface area contributed by atoms with Gasteiger partial charge in [-0.3, -0.25) is 14.5 Å². The van der Waals surface area contributed by atoms with Crippen molar-refractivity contribution in [3.8, 4) is 0 Å². The molecule has 1 atom stereocenters. The fourth-order valence-electron chi connectivity index (χ4n) is 2.34. The summed E-state index contributed by atoms with van der Waals surface area (Å²) < 4.78 is 5.13. The molecule has 0 saturated carbocycles. The fraction of sp³-hybridized carbons (Fsp3) is 0.538. The van der Waals surface area contributed by atoms with Gasteiger partial charge in [0.05, 0.1) is 25.4 Å². The molecule has 104 valence electrons. The number of rotatable bonds is 5. The third-order valence-electron chi connectivity index (χ3n) is 3.33. The van der Waals surface area contributed by atoms with Crippen molar-refractivity contribution in [2.45, 2.75) is 31.8 Å². The zero-order valence-corrected chi connectivity index (χ0v) is 10.8. The van der Waals surface area contributed by atoms with Gasteiger partial charge in [-0.05, 0) is 31.5 Å². The van der Waals surface area contributed by atoms with Gasteiger partial charge >= 0.3 is 0 Å². The number of hydrogen-bond acceptors (Lipinski definition) is 4. The first-order valence-electron chi connectivity index (χ1n) is 6.49. The van der Waals surface area contributed by atoms with Crippen molar-refractivity contribution in [2.75, 3.05) is 13.1 Å². The Balaban J connectivity index is 1.81. The van der Waals surface area contributed by atoms with Crippen LogP contribution >= 0.6 is 0 Å². The molecule has 1 aliphatic heterocycles. The third kappa shape index (κ3) is 3.82. The summed E-state index contributed by atoms with van der Waals surface area (Å²) in [5.74, 6) is 0.238. The molecule has 2 heterocycles. The molecule has 1 aromatic rings. The predicted molar refractivity (Wildman–Crippen MR) is 69.0 cm³/mol. The number of primary amides is 1. The first-order chi connectivity index (χ1) is 9.16. The quantitative estimate of drug-likeness (QED) is 0.798. The molecule has 1 fully saturated rings. The van der Waals surface area contributed by atoms with Crippen molar-refractivity contribution in [1.29, 1.82) is 0 Å². The molecule has 6 heteroatoms. The summed E-state index contributed by atoms with van der Waals surface area (Å²) >= 11 is 0. The monoisotopic (exact) mass is 265 g/mol. The molecule has 0 radical (unpaired) electrons. The number of nitrogens with zero attached hydrogens (tertiary/aromatic N) is 1. The molecule has 1 unspecified atom stereocenters. The average molecular weight is 265 g/mol. The Morgan fingerprint density at radius 2 is 2.32 bits per heavy atom. The lowest BCUT2D eigenvalue weighted by atomic mass is 10.0. The minimum absolute atomic E-state index is 0.121. The largest absolute Gasteiger partial charge is 0.467 e. The van der Waals surface area contributed by atoms with E-state index in [1.54, 1.807) is 18.4 Å². The topological polar surface area (TPSA) is 88.6 Å². The van der Waals surface area contributed by atoms with Crippen molar-refractivity contribution >= 4 is 11.8 Å². The maximum Gasteiger partial charge on any atom is 0.234 e. The van der Waals surface area contributed by atoms with Crippen molar-refractivity contribution in [3.63, 3.8) is 0 Å². The van der Waals surface area contributed by atoms with Crippen LogP contribution in [0, 0.1) is 0 Å². The minimum atomic E-state index is -0.349. The van der Waals surface area contributed by atoms with Crippen LogP contribution in [0.15, 0.2) is 22.8 Å². The van der Waals surface area contributed by atoms with E-state index in [1.807, 2.05) is 4.90 Å². The maximum absolute atomic E-state index is 11.8. The minimum Gasteiger partial charge on any atom is -0.467 e. The van der Waals surface area contributed by atoms with E-state index in [2.05, 4.69) is 5.32 Å². The molecular weight excluding hydrogens is 246 g/mol. The van der Waals surface area contributed by atoms with Gasteiger partial charge in [-0.1, -0.05) is 6.42 Å². The van der Waals surface area contributed by atoms with Gasteiger partial charge in [0.15, 0.2) is 0 Å². The number of carbonyl (C=O) groups is 2. The van der Waals surface area contributed by atoms with E-state index in [9.17, 15) is 9.59 Å². The Hall–Kier alpha value is -1.82. The van der Waals surface area contributed by atoms with Gasteiger partial charge in [-0.2, -0.15) is 0 Å². The van der Waals surface area contributed by atoms with Crippen molar-refractivity contribution in [2.24, 2.45) is 5.73 Å². The second-order valence-corrected chi connectivity index (χ2v) is 4.74. The van der Waals surface area contributed by atoms with Crippen molar-refractivity contribution in [1.82, 2.24) is 10.2 Å². The predicted octanol–water partition coefficient (Wildman–Crippen LogP) is 0.236. The summed E-state index contributed by atoms with van der Waals surface area (Å²) in [6.07, 6.45) is 4.28. The number of furan rings is 1. The Kier molecular flexibility index (Phi) is 4.57. The van der Waals surface area contributed by atoms with Crippen LogP contribution in [-0.4, -0.2) is 35.8 Å². The van der Waals surface area contributed by atoms with Gasteiger partial charge in [-0.25, -0.2) is 0 Å². The summed E-state index contributed by atoms with van der Waals surface area (Å²) in [5.41, 5.74) is 5.36. The number of nitrogens with two attached hydrogens (primary N) is 1. The molecular formula is C13H19N3O3. The summed E-state index contributed by atoms with van der Waals surface area (Å²) in [5, 5.41) is 2.77. The number of hydrogen-bond donors (Lipinski definition) is 2. The zero-order chi connectivity index (χ0) is 13.7. The van der Waals surface area contributed by atoms with Crippen molar-refractivity contribution in [3.05, 3.63) is 24.2 Å². The fourth-order valence-corrected chi connectivity index (χ4v) is 2.34. The van der Waals surface area contributed by atoms with Crippen LogP contribution in [0.5, 0.6) is 0 Å². The molecule has 0 aromatic carbocycles. The van der Waals surface area contributed by atoms with Crippen LogP contribution in [0.4, 0.5) is 0 Å². The van der Waals surface area contributed by atoms with Crippen molar-refractivity contribution < 1.29 is 14.0 Å². The van der Waals surface area contributed by atoms with Gasteiger partial charge in [0.25, 0.3) is 0 Å². The van der Waals surface area contributed by atoms with Gasteiger partial charge in [0, 0.05) is 0 Å². The lowest BCUT2D eigenvalue weighted by Crippen LogP contribution is -2.51. The van der Waals surface area contributed by atoms with E-state index >= 15 is 0 Å². The average Bonchev–Trinajstić information content (AvgIpc) is 2.90. The van der Waals surface area contributed by atoms with Gasteiger partial charge in [0.1, 0.15) is 5.76 Å². The van der Waals surface area contributed by atoms with E-state index in [0.717, 1.165) is 25.8 Å². The molecule has 0 spiro atoms. The Bertz CT molecular complexity index is 430. The summed E-state index contributed by atoms with van der Waals surface area (Å²) in [6, 6.07) is 3.26. The van der Waals surface area contributed by atoms with Crippen LogP contribution < -0.4 is 11.1 Å². The molecule has 0 aliphatic carbocycles. The number of nitrogens with one attached hydrogen (secondary N) is 1. The molecule has 3 N–H and O–H groups in total. The zero-order valence-electron chi connectivity index (χ0n) is 10.8. The highest BCUT2D eigenvalue weighted by atomic mass is 16.3. The normalized spacial score (nSPS) is 20.1. The van der Waals surface area contributed by atoms with Gasteiger partial charge in [0.2, 0.25) is 11.8 Å². The van der Waals surface area contributed by atoms with E-state index in [0.29, 0.717) is 12.3 Å². The first-order valence-corrected chi connectivity index (χ1v) is 6.49. The number of amides is 2. The second kappa shape index (κ2) is 6.38. The summed E-state index contributed by atoms with van der Waals surface area (Å²) in [7, 11) is 0. The highest BCUT2D eigenvalue weighted by Gasteiger charge is 2.28. The highest BCUT2D eigenvalue weighted by molar-refractivity contribution is 5.82. The molecule has 1 aromatic heterocycles. The smallest absolute Gasteiger partial charge is 0.234 e. The molecule has 2 amide bonds. The standard InChI is InChI=1S/C13H19N3O3/c14-13(18)11-5-1-2-6-16(11)9-12(17)15-8-10-4-3-7-19-10/h3-4,7,11H,1-2,5-6,8-9H2,(H2,14,18)(H,15,17). The summed E-state index contributed by atoms with van der Waals surface area (Å²) in [4.78, 5) is 25.0. The van der Waals surface area contributed by atoms with Crippen LogP contribution in [0.2, 0.25) is 0 Å². The molecule has 1 saturated heterocycles.